The van der Waals surface area contributed by atoms with E-state index in [0.29, 0.717) is 57.4 Å². The van der Waals surface area contributed by atoms with Gasteiger partial charge in [0.1, 0.15) is 6.26 Å². The minimum absolute atomic E-state index is 0.0438. The third-order valence-electron chi connectivity index (χ3n) is 4.30. The predicted octanol–water partition coefficient (Wildman–Crippen LogP) is 1.76. The number of aromatic nitrogens is 1. The number of hydrogen-bond acceptors (Lipinski definition) is 6. The Hall–Kier alpha value is -2.39. The van der Waals surface area contributed by atoms with Crippen LogP contribution in [0.3, 0.4) is 0 Å². The molecule has 2 aromatic heterocycles. The minimum atomic E-state index is -0.120. The van der Waals surface area contributed by atoms with Crippen molar-refractivity contribution >= 4 is 23.3 Å². The van der Waals surface area contributed by atoms with E-state index in [1.54, 1.807) is 22.5 Å². The van der Waals surface area contributed by atoms with Crippen LogP contribution in [0.5, 0.6) is 0 Å². The number of thiophene rings is 1. The number of rotatable bonds is 7. The van der Waals surface area contributed by atoms with Crippen molar-refractivity contribution in [3.05, 3.63) is 29.5 Å². The van der Waals surface area contributed by atoms with E-state index in [-0.39, 0.29) is 11.9 Å². The van der Waals surface area contributed by atoms with Gasteiger partial charge in [-0.3, -0.25) is 9.69 Å². The Labute approximate surface area is 162 Å². The van der Waals surface area contributed by atoms with Crippen LogP contribution in [0.1, 0.15) is 19.0 Å². The van der Waals surface area contributed by atoms with E-state index < -0.39 is 0 Å². The van der Waals surface area contributed by atoms with Crippen LogP contribution in [-0.2, 0) is 11.3 Å². The Morgan fingerprint density at radius 2 is 2.07 bits per heavy atom. The third-order valence-corrected chi connectivity index (χ3v) is 5.16. The van der Waals surface area contributed by atoms with E-state index in [0.717, 1.165) is 11.3 Å². The Balaban J connectivity index is 1.39. The average Bonchev–Trinajstić information content (AvgIpc) is 3.36. The monoisotopic (exact) mass is 391 g/mol. The number of carbonyl (C=O) groups is 2. The molecule has 1 saturated heterocycles. The van der Waals surface area contributed by atoms with Crippen LogP contribution in [0.4, 0.5) is 4.79 Å². The van der Waals surface area contributed by atoms with Crippen LogP contribution in [0.25, 0.3) is 10.8 Å². The summed E-state index contributed by atoms with van der Waals surface area (Å²) < 4.78 is 5.46. The van der Waals surface area contributed by atoms with E-state index in [4.69, 9.17) is 4.42 Å². The zero-order chi connectivity index (χ0) is 19.1. The van der Waals surface area contributed by atoms with Crippen molar-refractivity contribution in [2.45, 2.75) is 19.9 Å². The lowest BCUT2D eigenvalue weighted by Crippen LogP contribution is -2.53. The first-order chi connectivity index (χ1) is 13.2. The van der Waals surface area contributed by atoms with Gasteiger partial charge in [-0.25, -0.2) is 9.78 Å². The van der Waals surface area contributed by atoms with Gasteiger partial charge in [-0.1, -0.05) is 13.0 Å². The largest absolute Gasteiger partial charge is 0.443 e. The van der Waals surface area contributed by atoms with Crippen molar-refractivity contribution in [2.75, 3.05) is 39.3 Å². The third kappa shape index (κ3) is 5.54. The molecule has 0 bridgehead atoms. The van der Waals surface area contributed by atoms with Crippen molar-refractivity contribution in [1.29, 1.82) is 0 Å². The molecule has 3 amide bonds. The maximum atomic E-state index is 12.3. The van der Waals surface area contributed by atoms with Gasteiger partial charge in [-0.15, -0.1) is 11.3 Å². The first-order valence-electron chi connectivity index (χ1n) is 9.16. The topological polar surface area (TPSA) is 90.7 Å². The van der Waals surface area contributed by atoms with E-state index in [1.165, 1.54) is 0 Å². The first kappa shape index (κ1) is 19.4. The molecule has 0 aliphatic carbocycles. The summed E-state index contributed by atoms with van der Waals surface area (Å²) in [7, 11) is 0. The zero-order valence-electron chi connectivity index (χ0n) is 15.4. The van der Waals surface area contributed by atoms with Crippen molar-refractivity contribution in [3.8, 4) is 10.8 Å². The summed E-state index contributed by atoms with van der Waals surface area (Å²) in [6.07, 6.45) is 2.50. The number of nitrogens with zero attached hydrogens (tertiary/aromatic N) is 3. The number of urea groups is 1. The molecular weight excluding hydrogens is 366 g/mol. The van der Waals surface area contributed by atoms with Gasteiger partial charge < -0.3 is 20.0 Å². The maximum absolute atomic E-state index is 12.3. The number of piperazine rings is 1. The molecule has 8 nitrogen and oxygen atoms in total. The fourth-order valence-electron chi connectivity index (χ4n) is 2.81. The van der Waals surface area contributed by atoms with Crippen LogP contribution in [0, 0.1) is 0 Å². The van der Waals surface area contributed by atoms with E-state index in [1.807, 2.05) is 24.4 Å². The molecule has 0 saturated carbocycles. The lowest BCUT2D eigenvalue weighted by atomic mass is 10.3. The number of nitrogens with one attached hydrogen (secondary N) is 2. The molecule has 9 heteroatoms. The second-order valence-electron chi connectivity index (χ2n) is 6.39. The van der Waals surface area contributed by atoms with E-state index in [2.05, 4.69) is 20.5 Å². The molecule has 3 heterocycles. The van der Waals surface area contributed by atoms with Crippen LogP contribution in [-0.4, -0.2) is 66.0 Å². The average molecular weight is 391 g/mol. The van der Waals surface area contributed by atoms with Gasteiger partial charge in [0.2, 0.25) is 11.8 Å². The van der Waals surface area contributed by atoms with Gasteiger partial charge in [0, 0.05) is 32.7 Å². The molecule has 0 spiro atoms. The molecule has 0 radical (unpaired) electrons. The Morgan fingerprint density at radius 3 is 2.78 bits per heavy atom. The second-order valence-corrected chi connectivity index (χ2v) is 7.34. The van der Waals surface area contributed by atoms with Crippen molar-refractivity contribution in [1.82, 2.24) is 25.4 Å². The normalized spacial score (nSPS) is 14.9. The van der Waals surface area contributed by atoms with Crippen molar-refractivity contribution in [2.24, 2.45) is 0 Å². The number of hydrogen-bond donors (Lipinski definition) is 2. The molecule has 2 N–H and O–H groups in total. The molecule has 27 heavy (non-hydrogen) atoms. The number of amides is 3. The van der Waals surface area contributed by atoms with Gasteiger partial charge >= 0.3 is 6.03 Å². The summed E-state index contributed by atoms with van der Waals surface area (Å²) >= 11 is 1.56. The summed E-state index contributed by atoms with van der Waals surface area (Å²) in [5.74, 6) is 0.617. The van der Waals surface area contributed by atoms with Gasteiger partial charge in [0.25, 0.3) is 0 Å². The highest BCUT2D eigenvalue weighted by Crippen LogP contribution is 2.23. The zero-order valence-corrected chi connectivity index (χ0v) is 16.3. The Kier molecular flexibility index (Phi) is 6.83. The maximum Gasteiger partial charge on any atom is 0.317 e. The fourth-order valence-corrected chi connectivity index (χ4v) is 3.47. The van der Waals surface area contributed by atoms with Gasteiger partial charge in [-0.05, 0) is 17.9 Å². The second kappa shape index (κ2) is 9.52. The SMILES string of the molecule is CCCNC(=O)CN1CCN(C(=O)NCc2coc(-c3cccs3)n2)CC1. The Morgan fingerprint density at radius 1 is 1.26 bits per heavy atom. The molecule has 0 atom stereocenters. The van der Waals surface area contributed by atoms with Crippen LogP contribution in [0.15, 0.2) is 28.2 Å². The quantitative estimate of drug-likeness (QED) is 0.751. The van der Waals surface area contributed by atoms with Gasteiger partial charge in [-0.2, -0.15) is 0 Å². The van der Waals surface area contributed by atoms with Crippen molar-refractivity contribution < 1.29 is 14.0 Å². The van der Waals surface area contributed by atoms with E-state index >= 15 is 0 Å². The van der Waals surface area contributed by atoms with E-state index in [9.17, 15) is 9.59 Å². The first-order valence-corrected chi connectivity index (χ1v) is 10.0. The summed E-state index contributed by atoms with van der Waals surface area (Å²) in [6.45, 7) is 6.04. The highest BCUT2D eigenvalue weighted by Gasteiger charge is 2.22. The summed E-state index contributed by atoms with van der Waals surface area (Å²) in [5, 5.41) is 7.72. The Bertz CT molecular complexity index is 738. The van der Waals surface area contributed by atoms with Crippen LogP contribution < -0.4 is 10.6 Å². The van der Waals surface area contributed by atoms with Crippen molar-refractivity contribution in [3.63, 3.8) is 0 Å². The molecular formula is C18H25N5O3S. The molecule has 2 aromatic rings. The summed E-state index contributed by atoms with van der Waals surface area (Å²) in [6, 6.07) is 3.77. The summed E-state index contributed by atoms with van der Waals surface area (Å²) in [4.78, 5) is 33.3. The lowest BCUT2D eigenvalue weighted by molar-refractivity contribution is -0.122. The highest BCUT2D eigenvalue weighted by atomic mass is 32.1. The number of carbonyl (C=O) groups excluding carboxylic acids is 2. The summed E-state index contributed by atoms with van der Waals surface area (Å²) in [5.41, 5.74) is 0.693. The molecule has 1 aliphatic rings. The molecule has 3 rings (SSSR count). The molecule has 0 aromatic carbocycles. The predicted molar refractivity (Wildman–Crippen MR) is 103 cm³/mol. The standard InChI is InChI=1S/C18H25N5O3S/c1-2-5-19-16(24)12-22-6-8-23(9-7-22)18(25)20-11-14-13-26-17(21-14)15-4-3-10-27-15/h3-4,10,13H,2,5-9,11-12H2,1H3,(H,19,24)(H,20,25). The number of oxazole rings is 1. The van der Waals surface area contributed by atoms with Crippen LogP contribution in [0.2, 0.25) is 0 Å². The fraction of sp³-hybridized carbons (Fsp3) is 0.500. The minimum Gasteiger partial charge on any atom is -0.443 e. The highest BCUT2D eigenvalue weighted by molar-refractivity contribution is 7.13. The lowest BCUT2D eigenvalue weighted by Gasteiger charge is -2.34. The molecule has 0 unspecified atom stereocenters. The van der Waals surface area contributed by atoms with Gasteiger partial charge in [0.15, 0.2) is 0 Å². The van der Waals surface area contributed by atoms with Crippen LogP contribution >= 0.6 is 11.3 Å². The molecule has 146 valence electrons. The molecule has 1 fully saturated rings. The smallest absolute Gasteiger partial charge is 0.317 e. The van der Waals surface area contributed by atoms with Gasteiger partial charge in [0.05, 0.1) is 23.7 Å². The molecule has 1 aliphatic heterocycles.